The van der Waals surface area contributed by atoms with E-state index in [-0.39, 0.29) is 6.04 Å². The van der Waals surface area contributed by atoms with Crippen LogP contribution in [0.1, 0.15) is 62.2 Å². The molecule has 4 rings (SSSR count). The normalized spacial score (nSPS) is 20.1. The molecule has 1 aromatic carbocycles. The highest BCUT2D eigenvalue weighted by molar-refractivity contribution is 5.76. The zero-order chi connectivity index (χ0) is 19.2. The Bertz CT molecular complexity index is 755. The van der Waals surface area contributed by atoms with E-state index in [9.17, 15) is 4.79 Å². The first-order valence-corrected chi connectivity index (χ1v) is 10.6. The van der Waals surface area contributed by atoms with Crippen molar-refractivity contribution in [3.8, 4) is 0 Å². The molecule has 1 aromatic heterocycles. The summed E-state index contributed by atoms with van der Waals surface area (Å²) in [6.07, 6.45) is 9.97. The minimum absolute atomic E-state index is 0.228. The van der Waals surface area contributed by atoms with Gasteiger partial charge in [0.05, 0.1) is 25.5 Å². The number of hydrogen-bond acceptors (Lipinski definition) is 4. The van der Waals surface area contributed by atoms with Gasteiger partial charge >= 0.3 is 0 Å². The van der Waals surface area contributed by atoms with Crippen LogP contribution in [-0.2, 0) is 22.7 Å². The predicted octanol–water partition coefficient (Wildman–Crippen LogP) is 3.74. The standard InChI is InChI=1S/C22H30N4O2/c27-22(11-10-18-6-4-5-7-18)25-13-12-21(15-25)26-14-20(23-24-26)17-28-16-19-8-2-1-3-9-19/h1-3,8-9,14,18,21H,4-7,10-13,15-17H2. The minimum Gasteiger partial charge on any atom is -0.370 e. The molecule has 1 saturated heterocycles. The lowest BCUT2D eigenvalue weighted by Gasteiger charge is -2.17. The zero-order valence-corrected chi connectivity index (χ0v) is 16.5. The van der Waals surface area contributed by atoms with E-state index in [4.69, 9.17) is 4.74 Å². The summed E-state index contributed by atoms with van der Waals surface area (Å²) in [4.78, 5) is 14.5. The molecule has 0 radical (unpaired) electrons. The van der Waals surface area contributed by atoms with Gasteiger partial charge in [-0.05, 0) is 24.3 Å². The first kappa shape index (κ1) is 19.1. The molecule has 0 spiro atoms. The Hall–Kier alpha value is -2.21. The third-order valence-corrected chi connectivity index (χ3v) is 6.05. The first-order valence-electron chi connectivity index (χ1n) is 10.6. The van der Waals surface area contributed by atoms with Crippen LogP contribution in [-0.4, -0.2) is 38.9 Å². The van der Waals surface area contributed by atoms with Crippen LogP contribution in [0.25, 0.3) is 0 Å². The summed E-state index contributed by atoms with van der Waals surface area (Å²) in [6, 6.07) is 10.3. The van der Waals surface area contributed by atoms with E-state index in [0.29, 0.717) is 25.5 Å². The zero-order valence-electron chi connectivity index (χ0n) is 16.5. The molecule has 6 heteroatoms. The second-order valence-electron chi connectivity index (χ2n) is 8.14. The van der Waals surface area contributed by atoms with Crippen molar-refractivity contribution in [3.63, 3.8) is 0 Å². The fourth-order valence-corrected chi connectivity index (χ4v) is 4.37. The Morgan fingerprint density at radius 2 is 1.93 bits per heavy atom. The monoisotopic (exact) mass is 382 g/mol. The molecule has 150 valence electrons. The van der Waals surface area contributed by atoms with Gasteiger partial charge in [0.1, 0.15) is 5.69 Å². The molecule has 2 aliphatic rings. The van der Waals surface area contributed by atoms with Crippen molar-refractivity contribution >= 4 is 5.91 Å². The highest BCUT2D eigenvalue weighted by Gasteiger charge is 2.28. The number of ether oxygens (including phenoxy) is 1. The molecular formula is C22H30N4O2. The maximum atomic E-state index is 12.5. The van der Waals surface area contributed by atoms with Crippen LogP contribution in [0.2, 0.25) is 0 Å². The summed E-state index contributed by atoms with van der Waals surface area (Å²) >= 11 is 0. The summed E-state index contributed by atoms with van der Waals surface area (Å²) in [5.41, 5.74) is 1.99. The molecule has 2 heterocycles. The van der Waals surface area contributed by atoms with Crippen LogP contribution in [0.4, 0.5) is 0 Å². The smallest absolute Gasteiger partial charge is 0.222 e. The van der Waals surface area contributed by atoms with Gasteiger partial charge in [0.25, 0.3) is 0 Å². The molecule has 2 aromatic rings. The second-order valence-corrected chi connectivity index (χ2v) is 8.14. The lowest BCUT2D eigenvalue weighted by molar-refractivity contribution is -0.130. The molecule has 1 amide bonds. The van der Waals surface area contributed by atoms with Crippen molar-refractivity contribution in [1.29, 1.82) is 0 Å². The Morgan fingerprint density at radius 3 is 2.75 bits per heavy atom. The van der Waals surface area contributed by atoms with Crippen LogP contribution in [0.15, 0.2) is 36.5 Å². The van der Waals surface area contributed by atoms with E-state index < -0.39 is 0 Å². The van der Waals surface area contributed by atoms with E-state index in [1.165, 1.54) is 25.7 Å². The van der Waals surface area contributed by atoms with Crippen molar-refractivity contribution in [2.45, 2.75) is 64.2 Å². The van der Waals surface area contributed by atoms with Crippen molar-refractivity contribution < 1.29 is 9.53 Å². The third kappa shape index (κ3) is 4.98. The van der Waals surface area contributed by atoms with E-state index in [1.54, 1.807) is 0 Å². The maximum Gasteiger partial charge on any atom is 0.222 e. The third-order valence-electron chi connectivity index (χ3n) is 6.05. The molecular weight excluding hydrogens is 352 g/mol. The number of carbonyl (C=O) groups is 1. The number of amides is 1. The first-order chi connectivity index (χ1) is 13.8. The average Bonchev–Trinajstić information content (AvgIpc) is 3.48. The number of carbonyl (C=O) groups excluding carboxylic acids is 1. The summed E-state index contributed by atoms with van der Waals surface area (Å²) in [6.45, 7) is 2.59. The van der Waals surface area contributed by atoms with Crippen LogP contribution in [0.5, 0.6) is 0 Å². The SMILES string of the molecule is O=C(CCC1CCCC1)N1CCC(n2cc(COCc3ccccc3)nn2)C1. The summed E-state index contributed by atoms with van der Waals surface area (Å²) < 4.78 is 7.65. The molecule has 6 nitrogen and oxygen atoms in total. The Labute approximate surface area is 166 Å². The van der Waals surface area contributed by atoms with Gasteiger partial charge in [-0.25, -0.2) is 4.68 Å². The van der Waals surface area contributed by atoms with Gasteiger partial charge in [-0.1, -0.05) is 61.2 Å². The summed E-state index contributed by atoms with van der Waals surface area (Å²) in [5, 5.41) is 8.51. The van der Waals surface area contributed by atoms with Gasteiger partial charge in [0.15, 0.2) is 0 Å². The highest BCUT2D eigenvalue weighted by atomic mass is 16.5. The molecule has 1 unspecified atom stereocenters. The van der Waals surface area contributed by atoms with Crippen molar-refractivity contribution in [2.75, 3.05) is 13.1 Å². The van der Waals surface area contributed by atoms with Crippen LogP contribution in [0, 0.1) is 5.92 Å². The van der Waals surface area contributed by atoms with Gasteiger partial charge in [-0.15, -0.1) is 5.10 Å². The van der Waals surface area contributed by atoms with Gasteiger partial charge in [-0.3, -0.25) is 4.79 Å². The van der Waals surface area contributed by atoms with Crippen molar-refractivity contribution in [2.24, 2.45) is 5.92 Å². The van der Waals surface area contributed by atoms with Gasteiger partial charge < -0.3 is 9.64 Å². The van der Waals surface area contributed by atoms with E-state index in [0.717, 1.165) is 43.1 Å². The number of nitrogens with zero attached hydrogens (tertiary/aromatic N) is 4. The van der Waals surface area contributed by atoms with Crippen LogP contribution in [0.3, 0.4) is 0 Å². The Kier molecular flexibility index (Phi) is 6.37. The maximum absolute atomic E-state index is 12.5. The Morgan fingerprint density at radius 1 is 1.11 bits per heavy atom. The number of benzene rings is 1. The molecule has 1 saturated carbocycles. The quantitative estimate of drug-likeness (QED) is 0.698. The second kappa shape index (κ2) is 9.32. The number of likely N-dealkylation sites (tertiary alicyclic amines) is 1. The fourth-order valence-electron chi connectivity index (χ4n) is 4.37. The average molecular weight is 383 g/mol. The largest absolute Gasteiger partial charge is 0.370 e. The van der Waals surface area contributed by atoms with Gasteiger partial charge in [-0.2, -0.15) is 0 Å². The molecule has 1 aliphatic carbocycles. The number of rotatable bonds is 8. The molecule has 1 aliphatic heterocycles. The van der Waals surface area contributed by atoms with Gasteiger partial charge in [0.2, 0.25) is 5.91 Å². The molecule has 0 bridgehead atoms. The number of hydrogen-bond donors (Lipinski definition) is 0. The summed E-state index contributed by atoms with van der Waals surface area (Å²) in [7, 11) is 0. The van der Waals surface area contributed by atoms with E-state index in [2.05, 4.69) is 10.3 Å². The van der Waals surface area contributed by atoms with E-state index in [1.807, 2.05) is 46.1 Å². The van der Waals surface area contributed by atoms with Crippen LogP contribution < -0.4 is 0 Å². The van der Waals surface area contributed by atoms with Gasteiger partial charge in [0, 0.05) is 19.5 Å². The molecule has 2 fully saturated rings. The summed E-state index contributed by atoms with van der Waals surface area (Å²) in [5.74, 6) is 1.08. The highest BCUT2D eigenvalue weighted by Crippen LogP contribution is 2.29. The van der Waals surface area contributed by atoms with Crippen molar-refractivity contribution in [3.05, 3.63) is 47.8 Å². The lowest BCUT2D eigenvalue weighted by Crippen LogP contribution is -2.29. The Balaban J connectivity index is 1.21. The molecule has 0 N–H and O–H groups in total. The van der Waals surface area contributed by atoms with E-state index >= 15 is 0 Å². The van der Waals surface area contributed by atoms with Crippen molar-refractivity contribution in [1.82, 2.24) is 19.9 Å². The predicted molar refractivity (Wildman–Crippen MR) is 106 cm³/mol. The minimum atomic E-state index is 0.228. The number of aromatic nitrogens is 3. The fraction of sp³-hybridized carbons (Fsp3) is 0.591. The lowest BCUT2D eigenvalue weighted by atomic mass is 10.0. The molecule has 1 atom stereocenters. The topological polar surface area (TPSA) is 60.2 Å². The molecule has 28 heavy (non-hydrogen) atoms. The van der Waals surface area contributed by atoms with Crippen LogP contribution >= 0.6 is 0 Å².